The van der Waals surface area contributed by atoms with Gasteiger partial charge in [-0.2, -0.15) is 0 Å². The molecule has 6 nitrogen and oxygen atoms in total. The van der Waals surface area contributed by atoms with Crippen LogP contribution in [0.1, 0.15) is 53.8 Å². The number of hydrogen-bond acceptors (Lipinski definition) is 4. The quantitative estimate of drug-likeness (QED) is 0.205. The second kappa shape index (κ2) is 13.5. The number of nitrogens with zero attached hydrogens (tertiary/aromatic N) is 2. The van der Waals surface area contributed by atoms with Gasteiger partial charge in [0.05, 0.1) is 24.8 Å². The number of carbonyl (C=O) groups is 1. The minimum absolute atomic E-state index is 0.0456. The summed E-state index contributed by atoms with van der Waals surface area (Å²) in [7, 11) is 1.62. The van der Waals surface area contributed by atoms with E-state index in [1.54, 1.807) is 31.4 Å². The zero-order chi connectivity index (χ0) is 25.9. The fourth-order valence-electron chi connectivity index (χ4n) is 4.39. The topological polar surface area (TPSA) is 65.4 Å². The molecule has 194 valence electrons. The van der Waals surface area contributed by atoms with Crippen molar-refractivity contribution in [2.24, 2.45) is 0 Å². The van der Waals surface area contributed by atoms with E-state index in [4.69, 9.17) is 14.5 Å². The van der Waals surface area contributed by atoms with Crippen LogP contribution in [0.4, 0.5) is 0 Å². The first-order valence-electron chi connectivity index (χ1n) is 13.2. The third-order valence-corrected chi connectivity index (χ3v) is 6.51. The molecule has 0 bridgehead atoms. The van der Waals surface area contributed by atoms with E-state index in [-0.39, 0.29) is 5.91 Å². The number of carbonyl (C=O) groups excluding carboxylic acids is 1. The maximum absolute atomic E-state index is 12.3. The molecule has 1 aromatic heterocycles. The Bertz CT molecular complexity index is 1260. The summed E-state index contributed by atoms with van der Waals surface area (Å²) in [4.78, 5) is 17.2. The number of aromatic nitrogens is 2. The van der Waals surface area contributed by atoms with Crippen LogP contribution in [0.2, 0.25) is 0 Å². The Balaban J connectivity index is 1.20. The first-order valence-corrected chi connectivity index (χ1v) is 13.2. The van der Waals surface area contributed by atoms with E-state index in [1.165, 1.54) is 11.1 Å². The second-order valence-corrected chi connectivity index (χ2v) is 9.33. The summed E-state index contributed by atoms with van der Waals surface area (Å²) in [5, 5.41) is 3.01. The molecule has 0 aliphatic heterocycles. The van der Waals surface area contributed by atoms with Gasteiger partial charge in [0.2, 0.25) is 0 Å². The molecule has 0 aliphatic carbocycles. The van der Waals surface area contributed by atoms with E-state index in [1.807, 2.05) is 18.2 Å². The minimum Gasteiger partial charge on any atom is -0.497 e. The SMILES string of the molecule is COc1ccc(C(=O)NCCCCCc2nc3ccccc3n2CCCCOc2ccc(C)cc2)cc1. The number of para-hydroxylation sites is 2. The van der Waals surface area contributed by atoms with Gasteiger partial charge in [0, 0.05) is 25.1 Å². The van der Waals surface area contributed by atoms with Gasteiger partial charge in [-0.3, -0.25) is 4.79 Å². The number of rotatable bonds is 14. The molecule has 4 aromatic rings. The predicted octanol–water partition coefficient (Wildman–Crippen LogP) is 6.36. The zero-order valence-corrected chi connectivity index (χ0v) is 21.9. The van der Waals surface area contributed by atoms with Crippen LogP contribution in [0.25, 0.3) is 11.0 Å². The van der Waals surface area contributed by atoms with Gasteiger partial charge in [0.1, 0.15) is 17.3 Å². The molecule has 0 atom stereocenters. The lowest BCUT2D eigenvalue weighted by Crippen LogP contribution is -2.24. The fourth-order valence-corrected chi connectivity index (χ4v) is 4.39. The number of amides is 1. The maximum atomic E-state index is 12.3. The second-order valence-electron chi connectivity index (χ2n) is 9.33. The van der Waals surface area contributed by atoms with Crippen molar-refractivity contribution < 1.29 is 14.3 Å². The molecule has 0 spiro atoms. The molecular formula is C31H37N3O3. The van der Waals surface area contributed by atoms with Gasteiger partial charge in [-0.15, -0.1) is 0 Å². The predicted molar refractivity (Wildman–Crippen MR) is 149 cm³/mol. The standard InChI is InChI=1S/C31H37N3O3/c1-24-13-17-27(18-14-24)37-23-9-8-22-34-29-11-6-5-10-28(29)33-30(34)12-4-3-7-21-32-31(35)25-15-19-26(36-2)20-16-25/h5-6,10-11,13-20H,3-4,7-9,12,21-23H2,1-2H3,(H,32,35). The lowest BCUT2D eigenvalue weighted by Gasteiger charge is -2.11. The van der Waals surface area contributed by atoms with E-state index in [0.29, 0.717) is 18.7 Å². The van der Waals surface area contributed by atoms with Crippen molar-refractivity contribution in [3.8, 4) is 11.5 Å². The number of aryl methyl sites for hydroxylation is 3. The van der Waals surface area contributed by atoms with Crippen molar-refractivity contribution >= 4 is 16.9 Å². The average molecular weight is 500 g/mol. The van der Waals surface area contributed by atoms with Crippen molar-refractivity contribution in [2.45, 2.75) is 52.0 Å². The van der Waals surface area contributed by atoms with Crippen LogP contribution in [0.15, 0.2) is 72.8 Å². The number of fused-ring (bicyclic) bond motifs is 1. The van der Waals surface area contributed by atoms with Crippen molar-refractivity contribution in [3.63, 3.8) is 0 Å². The zero-order valence-electron chi connectivity index (χ0n) is 21.9. The lowest BCUT2D eigenvalue weighted by atomic mass is 10.1. The highest BCUT2D eigenvalue weighted by atomic mass is 16.5. The summed E-state index contributed by atoms with van der Waals surface area (Å²) >= 11 is 0. The molecule has 6 heteroatoms. The molecule has 1 amide bonds. The Morgan fingerprint density at radius 1 is 0.865 bits per heavy atom. The van der Waals surface area contributed by atoms with Crippen LogP contribution < -0.4 is 14.8 Å². The van der Waals surface area contributed by atoms with E-state index >= 15 is 0 Å². The van der Waals surface area contributed by atoms with Gasteiger partial charge in [-0.05, 0) is 81.1 Å². The summed E-state index contributed by atoms with van der Waals surface area (Å²) in [5.74, 6) is 2.77. The molecule has 4 rings (SSSR count). The molecule has 0 fully saturated rings. The van der Waals surface area contributed by atoms with Crippen molar-refractivity contribution in [1.29, 1.82) is 0 Å². The molecule has 0 radical (unpaired) electrons. The van der Waals surface area contributed by atoms with Crippen LogP contribution >= 0.6 is 0 Å². The van der Waals surface area contributed by atoms with E-state index in [2.05, 4.69) is 47.1 Å². The average Bonchev–Trinajstić information content (AvgIpc) is 3.28. The lowest BCUT2D eigenvalue weighted by molar-refractivity contribution is 0.0953. The number of nitrogens with one attached hydrogen (secondary N) is 1. The molecule has 37 heavy (non-hydrogen) atoms. The van der Waals surface area contributed by atoms with Crippen LogP contribution in [-0.2, 0) is 13.0 Å². The van der Waals surface area contributed by atoms with Crippen molar-refractivity contribution in [3.05, 3.63) is 89.7 Å². The highest BCUT2D eigenvalue weighted by Crippen LogP contribution is 2.19. The Kier molecular flexibility index (Phi) is 9.58. The van der Waals surface area contributed by atoms with Gasteiger partial charge in [-0.1, -0.05) is 36.2 Å². The number of imidazole rings is 1. The summed E-state index contributed by atoms with van der Waals surface area (Å²) < 4.78 is 13.4. The maximum Gasteiger partial charge on any atom is 0.251 e. The highest BCUT2D eigenvalue weighted by molar-refractivity contribution is 5.94. The number of methoxy groups -OCH3 is 1. The third kappa shape index (κ3) is 7.59. The Hall–Kier alpha value is -3.80. The Morgan fingerprint density at radius 3 is 2.41 bits per heavy atom. The number of benzene rings is 3. The van der Waals surface area contributed by atoms with Gasteiger partial charge in [0.25, 0.3) is 5.91 Å². The third-order valence-electron chi connectivity index (χ3n) is 6.51. The first kappa shape index (κ1) is 26.3. The van der Waals surface area contributed by atoms with Gasteiger partial charge < -0.3 is 19.4 Å². The summed E-state index contributed by atoms with van der Waals surface area (Å²) in [5.41, 5.74) is 4.15. The van der Waals surface area contributed by atoms with Crippen LogP contribution in [-0.4, -0.2) is 35.7 Å². The van der Waals surface area contributed by atoms with Crippen LogP contribution in [0.3, 0.4) is 0 Å². The van der Waals surface area contributed by atoms with Crippen LogP contribution in [0.5, 0.6) is 11.5 Å². The summed E-state index contributed by atoms with van der Waals surface area (Å²) in [6.45, 7) is 4.40. The van der Waals surface area contributed by atoms with Gasteiger partial charge >= 0.3 is 0 Å². The van der Waals surface area contributed by atoms with Crippen molar-refractivity contribution in [2.75, 3.05) is 20.3 Å². The molecular weight excluding hydrogens is 462 g/mol. The molecule has 0 saturated heterocycles. The number of ether oxygens (including phenoxy) is 2. The van der Waals surface area contributed by atoms with Crippen LogP contribution in [0, 0.1) is 6.92 Å². The molecule has 0 aliphatic rings. The first-order chi connectivity index (χ1) is 18.1. The monoisotopic (exact) mass is 499 g/mol. The molecule has 0 saturated carbocycles. The molecule has 3 aromatic carbocycles. The van der Waals surface area contributed by atoms with Gasteiger partial charge in [0.15, 0.2) is 0 Å². The number of hydrogen-bond donors (Lipinski definition) is 1. The summed E-state index contributed by atoms with van der Waals surface area (Å²) in [6.07, 6.45) is 5.98. The summed E-state index contributed by atoms with van der Waals surface area (Å²) in [6, 6.07) is 23.8. The van der Waals surface area contributed by atoms with E-state index in [9.17, 15) is 4.79 Å². The molecule has 1 N–H and O–H groups in total. The van der Waals surface area contributed by atoms with E-state index < -0.39 is 0 Å². The fraction of sp³-hybridized carbons (Fsp3) is 0.355. The van der Waals surface area contributed by atoms with E-state index in [0.717, 1.165) is 67.9 Å². The Morgan fingerprint density at radius 2 is 1.62 bits per heavy atom. The smallest absolute Gasteiger partial charge is 0.251 e. The minimum atomic E-state index is -0.0456. The highest BCUT2D eigenvalue weighted by Gasteiger charge is 2.10. The Labute approximate surface area is 219 Å². The van der Waals surface area contributed by atoms with Crippen molar-refractivity contribution in [1.82, 2.24) is 14.9 Å². The molecule has 1 heterocycles. The molecule has 0 unspecified atom stereocenters. The van der Waals surface area contributed by atoms with Gasteiger partial charge in [-0.25, -0.2) is 4.98 Å². The number of unbranched alkanes of at least 4 members (excludes halogenated alkanes) is 3. The largest absolute Gasteiger partial charge is 0.497 e. The normalized spacial score (nSPS) is 11.0.